The van der Waals surface area contributed by atoms with Crippen LogP contribution in [0.25, 0.3) is 44.5 Å². The van der Waals surface area contributed by atoms with E-state index in [0.29, 0.717) is 13.1 Å². The van der Waals surface area contributed by atoms with E-state index in [-0.39, 0.29) is 47.8 Å². The number of imidazole rings is 2. The molecule has 3 aromatic heterocycles. The Morgan fingerprint density at radius 2 is 1.14 bits per heavy atom. The number of pyridine rings is 1. The Kier molecular flexibility index (Phi) is 11.7. The number of likely N-dealkylation sites (tertiary alicyclic amines) is 2. The molecule has 6 atom stereocenters. The van der Waals surface area contributed by atoms with E-state index < -0.39 is 24.3 Å². The van der Waals surface area contributed by atoms with Crippen LogP contribution in [0.3, 0.4) is 0 Å². The Balaban J connectivity index is 0.964. The molecule has 0 radical (unpaired) electrons. The summed E-state index contributed by atoms with van der Waals surface area (Å²) in [7, 11) is 4.80. The standard InChI is InChI=1S/C48H58N10O6/c1-25(2)40(54-47(61)63-6)45(59)57-18-8-10-36(57)43-50-23-32(52-43)29-14-12-28-21-30(15-13-27(28)20-29)42-39-35-17-16-34(56(35)5)38(39)31(22-49-42)33-24-51-44(53-33)37-11-9-19-58(37)46(60)41(26(3)4)55-48(62)64-7/h12-15,20-26,34-37,40-41H,8-11,16-19H2,1-7H3,(H,50,52)(H,51,53)(H,54,61)(H,55,62)/t34?,35?,36-,37-,40-,41-/m0/s1. The molecule has 0 aliphatic carbocycles. The fourth-order valence-corrected chi connectivity index (χ4v) is 10.6. The molecule has 2 bridgehead atoms. The number of aromatic amines is 2. The molecule has 0 saturated carbocycles. The number of alkyl carbamates (subject to hydrolysis) is 2. The molecule has 4 aliphatic rings. The lowest BCUT2D eigenvalue weighted by Gasteiger charge is -2.30. The highest BCUT2D eigenvalue weighted by Crippen LogP contribution is 2.57. The van der Waals surface area contributed by atoms with Gasteiger partial charge in [0, 0.05) is 53.6 Å². The number of aromatic nitrogens is 5. The third kappa shape index (κ3) is 7.64. The van der Waals surface area contributed by atoms with Crippen LogP contribution in [0.1, 0.15) is 113 Å². The van der Waals surface area contributed by atoms with Gasteiger partial charge in [0.25, 0.3) is 0 Å². The van der Waals surface area contributed by atoms with Crippen molar-refractivity contribution in [2.75, 3.05) is 34.4 Å². The molecule has 64 heavy (non-hydrogen) atoms. The van der Waals surface area contributed by atoms with Crippen LogP contribution in [0.2, 0.25) is 0 Å². The number of hydrogen-bond acceptors (Lipinski definition) is 10. The second-order valence-electron chi connectivity index (χ2n) is 18.4. The second-order valence-corrected chi connectivity index (χ2v) is 18.4. The molecule has 2 aromatic carbocycles. The third-order valence-corrected chi connectivity index (χ3v) is 13.9. The molecule has 3 saturated heterocycles. The molecule has 16 heteroatoms. The molecule has 0 spiro atoms. The maximum absolute atomic E-state index is 13.8. The molecule has 4 amide bonds. The molecule has 9 rings (SSSR count). The monoisotopic (exact) mass is 870 g/mol. The van der Waals surface area contributed by atoms with Gasteiger partial charge in [-0.25, -0.2) is 19.6 Å². The Bertz CT molecular complexity index is 2600. The maximum atomic E-state index is 13.8. The second kappa shape index (κ2) is 17.4. The van der Waals surface area contributed by atoms with Crippen molar-refractivity contribution < 1.29 is 28.7 Å². The number of benzene rings is 2. The molecule has 16 nitrogen and oxygen atoms in total. The average Bonchev–Trinajstić information content (AvgIpc) is 4.17. The van der Waals surface area contributed by atoms with Crippen LogP contribution >= 0.6 is 0 Å². The zero-order chi connectivity index (χ0) is 45.0. The van der Waals surface area contributed by atoms with Gasteiger partial charge in [0.2, 0.25) is 11.8 Å². The molecule has 4 aliphatic heterocycles. The highest BCUT2D eigenvalue weighted by atomic mass is 16.5. The Morgan fingerprint density at radius 3 is 1.69 bits per heavy atom. The maximum Gasteiger partial charge on any atom is 0.407 e. The molecule has 2 unspecified atom stereocenters. The first-order valence-electron chi connectivity index (χ1n) is 22.6. The summed E-state index contributed by atoms with van der Waals surface area (Å²) in [6.07, 6.45) is 9.81. The van der Waals surface area contributed by atoms with Gasteiger partial charge in [-0.05, 0) is 85.9 Å². The van der Waals surface area contributed by atoms with Crippen LogP contribution < -0.4 is 10.6 Å². The Hall–Kier alpha value is -6.29. The first kappa shape index (κ1) is 43.0. The molecule has 3 fully saturated rings. The van der Waals surface area contributed by atoms with Crippen molar-refractivity contribution in [3.63, 3.8) is 0 Å². The summed E-state index contributed by atoms with van der Waals surface area (Å²) in [4.78, 5) is 79.7. The third-order valence-electron chi connectivity index (χ3n) is 13.9. The number of carbonyl (C=O) groups is 4. The van der Waals surface area contributed by atoms with Crippen molar-refractivity contribution in [3.8, 4) is 33.8 Å². The smallest absolute Gasteiger partial charge is 0.407 e. The number of amides is 4. The summed E-state index contributed by atoms with van der Waals surface area (Å²) in [5.41, 5.74) is 8.38. The highest BCUT2D eigenvalue weighted by Gasteiger charge is 2.46. The Morgan fingerprint density at radius 1 is 0.641 bits per heavy atom. The van der Waals surface area contributed by atoms with Crippen molar-refractivity contribution in [1.82, 2.24) is 50.3 Å². The van der Waals surface area contributed by atoms with Crippen LogP contribution in [0.5, 0.6) is 0 Å². The molecular formula is C48H58N10O6. The predicted octanol–water partition coefficient (Wildman–Crippen LogP) is 7.59. The minimum atomic E-state index is -0.702. The first-order valence-corrected chi connectivity index (χ1v) is 22.6. The first-order chi connectivity index (χ1) is 30.9. The number of nitrogens with zero attached hydrogens (tertiary/aromatic N) is 6. The van der Waals surface area contributed by atoms with Gasteiger partial charge in [-0.2, -0.15) is 0 Å². The SMILES string of the molecule is COC(=O)N[C@H](C(=O)N1CCC[C@H]1c1ncc(-c2ccc3cc(-c4ncc(-c5cnc([C@@H]6CCCN6C(=O)[C@@H](NC(=O)OC)C(C)C)[nH]5)c5c4C4CCC5N4C)ccc3c2)[nH]1)C(C)C. The summed E-state index contributed by atoms with van der Waals surface area (Å²) in [5.74, 6) is 0.958. The number of nitrogens with one attached hydrogen (secondary N) is 4. The number of carbonyl (C=O) groups excluding carboxylic acids is 4. The summed E-state index contributed by atoms with van der Waals surface area (Å²) < 4.78 is 9.61. The summed E-state index contributed by atoms with van der Waals surface area (Å²) in [6.45, 7) is 8.83. The van der Waals surface area contributed by atoms with Gasteiger partial charge in [-0.15, -0.1) is 0 Å². The van der Waals surface area contributed by atoms with Gasteiger partial charge in [-0.1, -0.05) is 52.0 Å². The zero-order valence-corrected chi connectivity index (χ0v) is 37.6. The van der Waals surface area contributed by atoms with Crippen molar-refractivity contribution in [2.24, 2.45) is 11.8 Å². The lowest BCUT2D eigenvalue weighted by molar-refractivity contribution is -0.136. The van der Waals surface area contributed by atoms with Crippen LogP contribution in [0.4, 0.5) is 9.59 Å². The molecule has 7 heterocycles. The van der Waals surface area contributed by atoms with Gasteiger partial charge < -0.3 is 39.9 Å². The van der Waals surface area contributed by atoms with Gasteiger partial charge in [0.05, 0.1) is 55.8 Å². The number of rotatable bonds is 11. The molecule has 4 N–H and O–H groups in total. The Labute approximate surface area is 372 Å². The minimum absolute atomic E-state index is 0.111. The fraction of sp³-hybridized carbons (Fsp3) is 0.479. The van der Waals surface area contributed by atoms with E-state index in [4.69, 9.17) is 24.4 Å². The number of fused-ring (bicyclic) bond motifs is 6. The predicted molar refractivity (Wildman–Crippen MR) is 241 cm³/mol. The van der Waals surface area contributed by atoms with E-state index in [0.717, 1.165) is 94.7 Å². The largest absolute Gasteiger partial charge is 0.453 e. The van der Waals surface area contributed by atoms with E-state index in [2.05, 4.69) is 68.9 Å². The summed E-state index contributed by atoms with van der Waals surface area (Å²) >= 11 is 0. The highest BCUT2D eigenvalue weighted by molar-refractivity contribution is 5.91. The van der Waals surface area contributed by atoms with Gasteiger partial charge >= 0.3 is 12.2 Å². The van der Waals surface area contributed by atoms with Crippen molar-refractivity contribution in [3.05, 3.63) is 77.8 Å². The number of hydrogen-bond donors (Lipinski definition) is 4. The molecular weight excluding hydrogens is 813 g/mol. The normalized spacial score (nSPS) is 21.5. The van der Waals surface area contributed by atoms with Crippen LogP contribution in [0, 0.1) is 11.8 Å². The van der Waals surface area contributed by atoms with Crippen molar-refractivity contribution >= 4 is 34.8 Å². The molecule has 336 valence electrons. The lowest BCUT2D eigenvalue weighted by atomic mass is 9.85. The van der Waals surface area contributed by atoms with Crippen LogP contribution in [-0.4, -0.2) is 110 Å². The van der Waals surface area contributed by atoms with E-state index in [1.807, 2.05) is 56.1 Å². The fourth-order valence-electron chi connectivity index (χ4n) is 10.6. The van der Waals surface area contributed by atoms with Crippen LogP contribution in [0.15, 0.2) is 55.0 Å². The summed E-state index contributed by atoms with van der Waals surface area (Å²) in [5, 5.41) is 7.63. The quantitative estimate of drug-likeness (QED) is 0.103. The minimum Gasteiger partial charge on any atom is -0.453 e. The summed E-state index contributed by atoms with van der Waals surface area (Å²) in [6, 6.07) is 11.6. The molecule has 5 aromatic rings. The van der Waals surface area contributed by atoms with Gasteiger partial charge in [-0.3, -0.25) is 19.5 Å². The zero-order valence-electron chi connectivity index (χ0n) is 37.6. The average molecular weight is 871 g/mol. The van der Waals surface area contributed by atoms with E-state index in [1.54, 1.807) is 0 Å². The van der Waals surface area contributed by atoms with Gasteiger partial charge in [0.15, 0.2) is 0 Å². The number of methoxy groups -OCH3 is 2. The topological polar surface area (TPSA) is 191 Å². The van der Waals surface area contributed by atoms with E-state index in [1.165, 1.54) is 25.3 Å². The van der Waals surface area contributed by atoms with E-state index >= 15 is 0 Å². The van der Waals surface area contributed by atoms with E-state index in [9.17, 15) is 19.2 Å². The number of H-pyrrole nitrogens is 2. The van der Waals surface area contributed by atoms with Gasteiger partial charge in [0.1, 0.15) is 23.7 Å². The lowest BCUT2D eigenvalue weighted by Crippen LogP contribution is -2.51. The van der Waals surface area contributed by atoms with Crippen molar-refractivity contribution in [2.45, 2.75) is 102 Å². The van der Waals surface area contributed by atoms with Crippen molar-refractivity contribution in [1.29, 1.82) is 0 Å². The number of ether oxygens (including phenoxy) is 2. The van der Waals surface area contributed by atoms with Crippen LogP contribution in [-0.2, 0) is 19.1 Å².